The normalized spacial score (nSPS) is 25.6. The van der Waals surface area contributed by atoms with Gasteiger partial charge in [0.2, 0.25) is 0 Å². The number of nitrogen functional groups attached to an aromatic ring is 1. The van der Waals surface area contributed by atoms with Crippen molar-refractivity contribution in [3.05, 3.63) is 25.3 Å². The largest absolute Gasteiger partial charge is 0.408 e. The van der Waals surface area contributed by atoms with Crippen molar-refractivity contribution in [2.24, 2.45) is 0 Å². The first-order chi connectivity index (χ1) is 13.6. The van der Waals surface area contributed by atoms with Gasteiger partial charge < -0.3 is 24.7 Å². The summed E-state index contributed by atoms with van der Waals surface area (Å²) in [7, 11) is -2.15. The Labute approximate surface area is 172 Å². The van der Waals surface area contributed by atoms with Gasteiger partial charge in [0.25, 0.3) is 0 Å². The third-order valence-corrected chi connectivity index (χ3v) is 10.2. The fourth-order valence-electron chi connectivity index (χ4n) is 3.15. The number of aliphatic hydroxyl groups excluding tert-OH is 1. The van der Waals surface area contributed by atoms with Crippen LogP contribution in [0.15, 0.2) is 25.3 Å². The van der Waals surface area contributed by atoms with E-state index < -0.39 is 32.9 Å². The first kappa shape index (κ1) is 21.8. The van der Waals surface area contributed by atoms with E-state index in [1.54, 1.807) is 17.0 Å². The maximum absolute atomic E-state index is 10.0. The van der Waals surface area contributed by atoms with E-state index in [-0.39, 0.29) is 11.6 Å². The van der Waals surface area contributed by atoms with Gasteiger partial charge in [-0.3, -0.25) is 4.57 Å². The highest BCUT2D eigenvalue weighted by Crippen LogP contribution is 2.42. The highest BCUT2D eigenvalue weighted by atomic mass is 28.4. The molecule has 10 heteroatoms. The average molecular weight is 422 g/mol. The third-order valence-electron chi connectivity index (χ3n) is 5.77. The van der Waals surface area contributed by atoms with Gasteiger partial charge in [0, 0.05) is 0 Å². The van der Waals surface area contributed by atoms with Crippen molar-refractivity contribution in [3.8, 4) is 0 Å². The summed E-state index contributed by atoms with van der Waals surface area (Å²) in [5.41, 5.74) is 6.96. The summed E-state index contributed by atoms with van der Waals surface area (Å²) in [6.07, 6.45) is 2.63. The van der Waals surface area contributed by atoms with Gasteiger partial charge in [-0.2, -0.15) is 0 Å². The molecule has 1 saturated heterocycles. The monoisotopic (exact) mass is 421 g/mol. The molecule has 0 bridgehead atoms. The second-order valence-corrected chi connectivity index (χ2v) is 13.5. The zero-order valence-corrected chi connectivity index (χ0v) is 18.7. The Kier molecular flexibility index (Phi) is 6.11. The van der Waals surface area contributed by atoms with Crippen LogP contribution < -0.4 is 5.73 Å². The average Bonchev–Trinajstić information content (AvgIpc) is 3.21. The molecule has 0 aromatic carbocycles. The lowest BCUT2D eigenvalue weighted by Gasteiger charge is -2.40. The predicted octanol–water partition coefficient (Wildman–Crippen LogP) is 2.26. The molecule has 2 aromatic heterocycles. The number of nitrogens with two attached hydrogens (primary N) is 1. The van der Waals surface area contributed by atoms with E-state index in [1.165, 1.54) is 6.33 Å². The molecule has 1 aliphatic heterocycles. The standard InChI is InChI=1S/C19H31N5O4Si/c1-7-8-26-15-14(28-29(5,6)19(2,3)4)12(9-25)27-18(15)24-11-23-13-16(20)21-10-22-17(13)24/h7,10-12,14-15,18,25H,1,8-9H2,2-6H3,(H2,20,21,22)/t12-,14-,15+,18-/m1/s1. The number of fused-ring (bicyclic) bond motifs is 1. The molecule has 2 aromatic rings. The number of hydrogen-bond acceptors (Lipinski definition) is 8. The fourth-order valence-corrected chi connectivity index (χ4v) is 4.47. The first-order valence-corrected chi connectivity index (χ1v) is 12.6. The Morgan fingerprint density at radius 3 is 2.66 bits per heavy atom. The van der Waals surface area contributed by atoms with Crippen molar-refractivity contribution in [1.82, 2.24) is 19.5 Å². The number of ether oxygens (including phenoxy) is 2. The van der Waals surface area contributed by atoms with Gasteiger partial charge in [0.1, 0.15) is 30.2 Å². The van der Waals surface area contributed by atoms with Gasteiger partial charge in [-0.1, -0.05) is 26.8 Å². The maximum Gasteiger partial charge on any atom is 0.192 e. The van der Waals surface area contributed by atoms with Crippen LogP contribution in [0.5, 0.6) is 0 Å². The molecule has 160 valence electrons. The van der Waals surface area contributed by atoms with Crippen molar-refractivity contribution >= 4 is 25.3 Å². The molecule has 1 aliphatic rings. The quantitative estimate of drug-likeness (QED) is 0.516. The Bertz CT molecular complexity index is 866. The summed E-state index contributed by atoms with van der Waals surface area (Å²) >= 11 is 0. The lowest BCUT2D eigenvalue weighted by Crippen LogP contribution is -2.50. The molecule has 3 N–H and O–H groups in total. The second-order valence-electron chi connectivity index (χ2n) is 8.76. The van der Waals surface area contributed by atoms with E-state index in [1.807, 2.05) is 0 Å². The molecule has 9 nitrogen and oxygen atoms in total. The van der Waals surface area contributed by atoms with Crippen LogP contribution in [0.3, 0.4) is 0 Å². The SMILES string of the molecule is C=CCO[C@H]1[C@H](O[Si](C)(C)C(C)(C)C)[C@@H](CO)O[C@H]1n1cnc2c(N)ncnc21. The summed E-state index contributed by atoms with van der Waals surface area (Å²) in [4.78, 5) is 12.6. The van der Waals surface area contributed by atoms with E-state index in [0.29, 0.717) is 23.6 Å². The highest BCUT2D eigenvalue weighted by Gasteiger charge is 2.51. The van der Waals surface area contributed by atoms with Gasteiger partial charge in [0.15, 0.2) is 26.0 Å². The zero-order chi connectivity index (χ0) is 21.4. The minimum Gasteiger partial charge on any atom is -0.408 e. The molecular weight excluding hydrogens is 390 g/mol. The Morgan fingerprint density at radius 2 is 2.03 bits per heavy atom. The molecule has 29 heavy (non-hydrogen) atoms. The lowest BCUT2D eigenvalue weighted by atomic mass is 10.1. The predicted molar refractivity (Wildman–Crippen MR) is 113 cm³/mol. The Morgan fingerprint density at radius 1 is 1.31 bits per heavy atom. The maximum atomic E-state index is 10.0. The number of imidazole rings is 1. The summed E-state index contributed by atoms with van der Waals surface area (Å²) in [5, 5.41) is 10.0. The van der Waals surface area contributed by atoms with Crippen LogP contribution in [-0.2, 0) is 13.9 Å². The van der Waals surface area contributed by atoms with Crippen LogP contribution in [-0.4, -0.2) is 64.5 Å². The smallest absolute Gasteiger partial charge is 0.192 e. The van der Waals surface area contributed by atoms with Crippen molar-refractivity contribution < 1.29 is 19.0 Å². The van der Waals surface area contributed by atoms with E-state index in [9.17, 15) is 5.11 Å². The molecule has 0 spiro atoms. The van der Waals surface area contributed by atoms with Gasteiger partial charge in [-0.05, 0) is 18.1 Å². The van der Waals surface area contributed by atoms with Gasteiger partial charge in [-0.25, -0.2) is 15.0 Å². The summed E-state index contributed by atoms with van der Waals surface area (Å²) in [6.45, 7) is 14.7. The number of aromatic nitrogens is 4. The summed E-state index contributed by atoms with van der Waals surface area (Å²) in [5.74, 6) is 0.295. The molecule has 4 atom stereocenters. The molecule has 3 heterocycles. The molecule has 0 saturated carbocycles. The topological polar surface area (TPSA) is 118 Å². The first-order valence-electron chi connectivity index (χ1n) is 9.70. The van der Waals surface area contributed by atoms with E-state index in [4.69, 9.17) is 19.6 Å². The minimum atomic E-state index is -2.15. The van der Waals surface area contributed by atoms with Gasteiger partial charge >= 0.3 is 0 Å². The van der Waals surface area contributed by atoms with Crippen LogP contribution in [0.25, 0.3) is 11.2 Å². The van der Waals surface area contributed by atoms with Crippen LogP contribution >= 0.6 is 0 Å². The van der Waals surface area contributed by atoms with Crippen LogP contribution in [0, 0.1) is 0 Å². The second kappa shape index (κ2) is 8.11. The van der Waals surface area contributed by atoms with Crippen LogP contribution in [0.4, 0.5) is 5.82 Å². The van der Waals surface area contributed by atoms with Crippen molar-refractivity contribution in [3.63, 3.8) is 0 Å². The van der Waals surface area contributed by atoms with E-state index in [0.717, 1.165) is 0 Å². The summed E-state index contributed by atoms with van der Waals surface area (Å²) in [6, 6.07) is 0. The molecule has 0 unspecified atom stereocenters. The Hall–Kier alpha value is -1.85. The Balaban J connectivity index is 2.00. The minimum absolute atomic E-state index is 0.00252. The number of nitrogens with zero attached hydrogens (tertiary/aromatic N) is 4. The van der Waals surface area contributed by atoms with E-state index in [2.05, 4.69) is 55.4 Å². The molecule has 0 amide bonds. The van der Waals surface area contributed by atoms with Crippen molar-refractivity contribution in [2.45, 2.75) is 63.4 Å². The number of hydrogen-bond donors (Lipinski definition) is 2. The van der Waals surface area contributed by atoms with Crippen molar-refractivity contribution in [2.75, 3.05) is 18.9 Å². The third kappa shape index (κ3) is 4.08. The number of anilines is 1. The van der Waals surface area contributed by atoms with E-state index >= 15 is 0 Å². The summed E-state index contributed by atoms with van der Waals surface area (Å²) < 4.78 is 20.7. The molecular formula is C19H31N5O4Si. The molecule has 0 radical (unpaired) electrons. The van der Waals surface area contributed by atoms with Crippen molar-refractivity contribution in [1.29, 1.82) is 0 Å². The molecule has 3 rings (SSSR count). The van der Waals surface area contributed by atoms with Gasteiger partial charge in [0.05, 0.1) is 19.5 Å². The van der Waals surface area contributed by atoms with Gasteiger partial charge in [-0.15, -0.1) is 6.58 Å². The number of aliphatic hydroxyl groups is 1. The molecule has 1 fully saturated rings. The van der Waals surface area contributed by atoms with Crippen LogP contribution in [0.1, 0.15) is 27.0 Å². The zero-order valence-electron chi connectivity index (χ0n) is 17.7. The lowest BCUT2D eigenvalue weighted by molar-refractivity contribution is -0.0644. The fraction of sp³-hybridized carbons (Fsp3) is 0.632. The number of rotatable bonds is 7. The molecule has 0 aliphatic carbocycles. The highest BCUT2D eigenvalue weighted by molar-refractivity contribution is 6.74. The van der Waals surface area contributed by atoms with Crippen LogP contribution in [0.2, 0.25) is 18.1 Å².